The molecule has 0 atom stereocenters. The maximum Gasteiger partial charge on any atom is 0.168 e. The Bertz CT molecular complexity index is 1400. The quantitative estimate of drug-likeness (QED) is 0.247. The highest BCUT2D eigenvalue weighted by Gasteiger charge is 2.18. The molecule has 0 aliphatic carbocycles. The molecule has 5 aromatic rings. The van der Waals surface area contributed by atoms with Crippen molar-refractivity contribution in [1.82, 2.24) is 14.5 Å². The van der Waals surface area contributed by atoms with Crippen LogP contribution in [0.3, 0.4) is 0 Å². The van der Waals surface area contributed by atoms with E-state index in [0.717, 1.165) is 44.6 Å². The molecule has 5 nitrogen and oxygen atoms in total. The van der Waals surface area contributed by atoms with Crippen molar-refractivity contribution < 1.29 is 4.74 Å². The molecule has 5 rings (SSSR count). The van der Waals surface area contributed by atoms with Crippen molar-refractivity contribution >= 4 is 46.6 Å². The van der Waals surface area contributed by atoms with Crippen LogP contribution in [-0.4, -0.2) is 27.9 Å². The molecule has 0 unspecified atom stereocenters. The van der Waals surface area contributed by atoms with Gasteiger partial charge in [-0.25, -0.2) is 9.98 Å². The van der Waals surface area contributed by atoms with Gasteiger partial charge in [0.2, 0.25) is 0 Å². The van der Waals surface area contributed by atoms with Crippen LogP contribution in [0.4, 0.5) is 5.82 Å². The molecule has 7 heteroatoms. The molecule has 31 heavy (non-hydrogen) atoms. The van der Waals surface area contributed by atoms with E-state index in [1.165, 1.54) is 11.3 Å². The Labute approximate surface area is 188 Å². The highest BCUT2D eigenvalue weighted by atomic mass is 32.1. The largest absolute Gasteiger partial charge is 0.497 e. The number of H-pyrrole nitrogens is 1. The van der Waals surface area contributed by atoms with E-state index in [-0.39, 0.29) is 0 Å². The summed E-state index contributed by atoms with van der Waals surface area (Å²) in [6.07, 6.45) is 1.84. The third kappa shape index (κ3) is 3.81. The topological polar surface area (TPSA) is 55.2 Å². The normalized spacial score (nSPS) is 11.4. The maximum absolute atomic E-state index is 5.74. The number of methoxy groups -OCH3 is 1. The average molecular weight is 443 g/mol. The highest BCUT2D eigenvalue weighted by molar-refractivity contribution is 7.73. The van der Waals surface area contributed by atoms with Crippen LogP contribution >= 0.6 is 23.6 Å². The number of hydrogen-bond donors (Lipinski definition) is 1. The molecule has 0 bridgehead atoms. The van der Waals surface area contributed by atoms with Gasteiger partial charge in [0.1, 0.15) is 10.6 Å². The number of hydrogen-bond acceptors (Lipinski definition) is 5. The van der Waals surface area contributed by atoms with Crippen LogP contribution in [0.5, 0.6) is 5.75 Å². The van der Waals surface area contributed by atoms with Crippen molar-refractivity contribution in [3.8, 4) is 22.1 Å². The first-order valence-corrected chi connectivity index (χ1v) is 10.9. The number of rotatable bonds is 5. The van der Waals surface area contributed by atoms with Crippen LogP contribution in [-0.2, 0) is 0 Å². The molecule has 2 heterocycles. The molecule has 0 spiro atoms. The van der Waals surface area contributed by atoms with Gasteiger partial charge in [-0.05, 0) is 66.3 Å². The third-order valence-corrected chi connectivity index (χ3v) is 6.23. The first-order chi connectivity index (χ1) is 15.2. The lowest BCUT2D eigenvalue weighted by Gasteiger charge is -2.06. The Morgan fingerprint density at radius 1 is 1.00 bits per heavy atom. The first kappa shape index (κ1) is 19.4. The third-order valence-electron chi connectivity index (χ3n) is 4.86. The molecule has 2 aromatic heterocycles. The first-order valence-electron chi connectivity index (χ1n) is 9.67. The predicted molar refractivity (Wildman–Crippen MR) is 130 cm³/mol. The molecule has 0 saturated carbocycles. The van der Waals surface area contributed by atoms with Gasteiger partial charge in [-0.15, -0.1) is 0 Å². The summed E-state index contributed by atoms with van der Waals surface area (Å²) < 4.78 is 7.95. The van der Waals surface area contributed by atoms with Crippen LogP contribution < -0.4 is 4.74 Å². The van der Waals surface area contributed by atoms with E-state index in [2.05, 4.69) is 4.98 Å². The maximum atomic E-state index is 5.74. The molecule has 0 saturated heterocycles. The number of para-hydroxylation sites is 3. The zero-order chi connectivity index (χ0) is 21.2. The fourth-order valence-corrected chi connectivity index (χ4v) is 4.66. The number of fused-ring (bicyclic) bond motifs is 1. The van der Waals surface area contributed by atoms with E-state index in [0.29, 0.717) is 3.95 Å². The second-order valence-electron chi connectivity index (χ2n) is 6.83. The number of aliphatic imine (C=N–C) groups is 1. The lowest BCUT2D eigenvalue weighted by atomic mass is 10.2. The summed E-state index contributed by atoms with van der Waals surface area (Å²) in [5, 5.41) is 0. The lowest BCUT2D eigenvalue weighted by molar-refractivity contribution is 0.415. The number of nitrogens with one attached hydrogen (secondary N) is 1. The van der Waals surface area contributed by atoms with Crippen molar-refractivity contribution in [2.75, 3.05) is 7.11 Å². The highest BCUT2D eigenvalue weighted by Crippen LogP contribution is 2.38. The molecule has 0 aliphatic heterocycles. The van der Waals surface area contributed by atoms with Gasteiger partial charge in [0.05, 0.1) is 18.1 Å². The van der Waals surface area contributed by atoms with E-state index >= 15 is 0 Å². The van der Waals surface area contributed by atoms with Gasteiger partial charge in [-0.2, -0.15) is 0 Å². The monoisotopic (exact) mass is 442 g/mol. The number of ether oxygens (including phenoxy) is 1. The van der Waals surface area contributed by atoms with Gasteiger partial charge >= 0.3 is 0 Å². The van der Waals surface area contributed by atoms with Crippen molar-refractivity contribution in [2.24, 2.45) is 4.99 Å². The number of aromatic amines is 1. The van der Waals surface area contributed by atoms with E-state index in [1.807, 2.05) is 89.6 Å². The summed E-state index contributed by atoms with van der Waals surface area (Å²) in [6, 6.07) is 25.8. The fraction of sp³-hybridized carbons (Fsp3) is 0.0417. The zero-order valence-electron chi connectivity index (χ0n) is 16.6. The summed E-state index contributed by atoms with van der Waals surface area (Å²) in [5.74, 6) is 2.31. The van der Waals surface area contributed by atoms with Gasteiger partial charge in [-0.1, -0.05) is 41.7 Å². The summed E-state index contributed by atoms with van der Waals surface area (Å²) in [7, 11) is 1.65. The summed E-state index contributed by atoms with van der Waals surface area (Å²) in [6.45, 7) is 0. The number of nitrogens with zero attached hydrogens (tertiary/aromatic N) is 3. The Morgan fingerprint density at radius 2 is 1.74 bits per heavy atom. The van der Waals surface area contributed by atoms with Crippen molar-refractivity contribution in [1.29, 1.82) is 0 Å². The molecule has 0 radical (unpaired) electrons. The fourth-order valence-electron chi connectivity index (χ4n) is 3.33. The molecule has 0 fully saturated rings. The van der Waals surface area contributed by atoms with Crippen LogP contribution in [0.15, 0.2) is 83.9 Å². The van der Waals surface area contributed by atoms with E-state index in [4.69, 9.17) is 26.9 Å². The van der Waals surface area contributed by atoms with Crippen LogP contribution in [0.25, 0.3) is 27.4 Å². The predicted octanol–water partition coefficient (Wildman–Crippen LogP) is 6.57. The van der Waals surface area contributed by atoms with Gasteiger partial charge in [-0.3, -0.25) is 4.57 Å². The van der Waals surface area contributed by atoms with Gasteiger partial charge in [0.15, 0.2) is 15.6 Å². The SMILES string of the molecule is COc1ccc(/C=N/c2c(-c3nc4ccccc4[nH]3)sc(=S)n2-c2ccccc2)cc1. The minimum Gasteiger partial charge on any atom is -0.497 e. The van der Waals surface area contributed by atoms with Crippen LogP contribution in [0.2, 0.25) is 0 Å². The van der Waals surface area contributed by atoms with Crippen LogP contribution in [0, 0.1) is 3.95 Å². The minimum atomic E-state index is 0.712. The van der Waals surface area contributed by atoms with Gasteiger partial charge in [0.25, 0.3) is 0 Å². The smallest absolute Gasteiger partial charge is 0.168 e. The number of imidazole rings is 1. The van der Waals surface area contributed by atoms with E-state index < -0.39 is 0 Å². The lowest BCUT2D eigenvalue weighted by Crippen LogP contribution is -1.94. The standard InChI is InChI=1S/C24H18N4OS2/c1-29-18-13-11-16(12-14-18)15-25-23-21(22-26-19-9-5-6-10-20(19)27-22)31-24(30)28(23)17-7-3-2-4-8-17/h2-15H,1H3,(H,26,27)/b25-15+. The molecule has 0 amide bonds. The number of benzene rings is 3. The van der Waals surface area contributed by atoms with Crippen molar-refractivity contribution in [3.63, 3.8) is 0 Å². The van der Waals surface area contributed by atoms with E-state index in [1.54, 1.807) is 7.11 Å². The van der Waals surface area contributed by atoms with Gasteiger partial charge in [0, 0.05) is 11.9 Å². The molecular formula is C24H18N4OS2. The Morgan fingerprint density at radius 3 is 2.48 bits per heavy atom. The summed E-state index contributed by atoms with van der Waals surface area (Å²) in [4.78, 5) is 13.9. The molecule has 3 aromatic carbocycles. The minimum absolute atomic E-state index is 0.712. The Hall–Kier alpha value is -3.55. The molecular weight excluding hydrogens is 424 g/mol. The molecule has 152 valence electrons. The second-order valence-corrected chi connectivity index (χ2v) is 8.47. The van der Waals surface area contributed by atoms with Crippen molar-refractivity contribution in [3.05, 3.63) is 88.4 Å². The average Bonchev–Trinajstić information content (AvgIpc) is 3.39. The summed E-state index contributed by atoms with van der Waals surface area (Å²) in [5.41, 5.74) is 3.82. The Balaban J connectivity index is 1.67. The van der Waals surface area contributed by atoms with E-state index in [9.17, 15) is 0 Å². The Kier molecular flexibility index (Phi) is 5.19. The molecule has 0 aliphatic rings. The summed E-state index contributed by atoms with van der Waals surface area (Å²) >= 11 is 7.23. The number of aromatic nitrogens is 3. The van der Waals surface area contributed by atoms with Crippen LogP contribution in [0.1, 0.15) is 5.56 Å². The van der Waals surface area contributed by atoms with Crippen molar-refractivity contribution in [2.45, 2.75) is 0 Å². The number of thiazole rings is 1. The zero-order valence-corrected chi connectivity index (χ0v) is 18.3. The van der Waals surface area contributed by atoms with Gasteiger partial charge < -0.3 is 9.72 Å². The second kappa shape index (κ2) is 8.29. The molecule has 1 N–H and O–H groups in total.